The van der Waals surface area contributed by atoms with E-state index in [1.807, 2.05) is 38.1 Å². The zero-order chi connectivity index (χ0) is 26.6. The Bertz CT molecular complexity index is 1370. The number of ketones is 1. The number of nitrogens with zero attached hydrogens (tertiary/aromatic N) is 3. The van der Waals surface area contributed by atoms with Gasteiger partial charge in [-0.2, -0.15) is 0 Å². The first-order valence-electron chi connectivity index (χ1n) is 13.3. The average molecular weight is 518 g/mol. The Morgan fingerprint density at radius 3 is 2.66 bits per heavy atom. The minimum Gasteiger partial charge on any atom is -0.443 e. The summed E-state index contributed by atoms with van der Waals surface area (Å²) < 4.78 is 13.3. The zero-order valence-electron chi connectivity index (χ0n) is 22.3. The number of fused-ring (bicyclic) bond motifs is 1. The molecule has 0 radical (unpaired) electrons. The lowest BCUT2D eigenvalue weighted by atomic mass is 10.0. The van der Waals surface area contributed by atoms with Gasteiger partial charge in [-0.3, -0.25) is 9.59 Å². The third kappa shape index (κ3) is 6.22. The molecule has 1 saturated carbocycles. The minimum absolute atomic E-state index is 0.0316. The van der Waals surface area contributed by atoms with Crippen LogP contribution in [0.5, 0.6) is 5.88 Å². The second kappa shape index (κ2) is 11.3. The molecule has 5 rings (SSSR count). The topological polar surface area (TPSA) is 107 Å². The standard InChI is InChI=1S/C29H35N5O4/c1-18-14-22(6-9-24(18)29(36)32-23-7-8-23)26-17-31-28-25(30-16-21-10-12-37-13-11-21)15-27(33-34(26)28)38-20(3)5-4-19(2)35/h5-6,9,14-15,17,21,23,30H,4,7-8,10-13,16H2,1-3H3,(H,32,36). The summed E-state index contributed by atoms with van der Waals surface area (Å²) in [6.07, 6.45) is 7.99. The number of carbonyl (C=O) groups excluding carboxylic acids is 2. The van der Waals surface area contributed by atoms with Crippen LogP contribution in [0.25, 0.3) is 16.9 Å². The molecule has 9 nitrogen and oxygen atoms in total. The Morgan fingerprint density at radius 2 is 1.95 bits per heavy atom. The molecule has 0 bridgehead atoms. The highest BCUT2D eigenvalue weighted by Gasteiger charge is 2.25. The number of allylic oxidation sites excluding steroid dienone is 2. The summed E-state index contributed by atoms with van der Waals surface area (Å²) in [6, 6.07) is 7.95. The van der Waals surface area contributed by atoms with Gasteiger partial charge in [0.1, 0.15) is 5.78 Å². The number of nitrogens with one attached hydrogen (secondary N) is 2. The van der Waals surface area contributed by atoms with E-state index in [9.17, 15) is 9.59 Å². The van der Waals surface area contributed by atoms with Crippen LogP contribution in [0.4, 0.5) is 5.69 Å². The number of hydrogen-bond acceptors (Lipinski definition) is 7. The third-order valence-corrected chi connectivity index (χ3v) is 6.99. The largest absolute Gasteiger partial charge is 0.443 e. The number of Topliss-reactive ketones (excluding diaryl/α,β-unsaturated/α-hetero) is 1. The van der Waals surface area contributed by atoms with Gasteiger partial charge < -0.3 is 20.1 Å². The van der Waals surface area contributed by atoms with Gasteiger partial charge in [-0.05, 0) is 76.1 Å². The monoisotopic (exact) mass is 517 g/mol. The number of aromatic nitrogens is 3. The van der Waals surface area contributed by atoms with Crippen LogP contribution in [0.1, 0.15) is 61.9 Å². The summed E-state index contributed by atoms with van der Waals surface area (Å²) in [5.41, 5.74) is 4.78. The summed E-state index contributed by atoms with van der Waals surface area (Å²) in [4.78, 5) is 28.7. The SMILES string of the molecule is CC(=O)CC=C(C)Oc1cc(NCC2CCOCC2)c2ncc(-c3ccc(C(=O)NC4CC4)c(C)c3)n2n1. The molecule has 0 atom stereocenters. The predicted molar refractivity (Wildman–Crippen MR) is 145 cm³/mol. The molecule has 3 aromatic rings. The van der Waals surface area contributed by atoms with Crippen molar-refractivity contribution in [3.8, 4) is 17.1 Å². The van der Waals surface area contributed by atoms with Crippen molar-refractivity contribution < 1.29 is 19.1 Å². The van der Waals surface area contributed by atoms with E-state index in [1.165, 1.54) is 0 Å². The summed E-state index contributed by atoms with van der Waals surface area (Å²) in [6.45, 7) is 7.68. The lowest BCUT2D eigenvalue weighted by molar-refractivity contribution is -0.116. The number of ether oxygens (including phenoxy) is 2. The van der Waals surface area contributed by atoms with E-state index in [1.54, 1.807) is 23.7 Å². The van der Waals surface area contributed by atoms with Gasteiger partial charge in [0.2, 0.25) is 5.88 Å². The molecule has 9 heteroatoms. The Labute approximate surface area is 222 Å². The molecule has 1 saturated heterocycles. The maximum atomic E-state index is 12.6. The Kier molecular flexibility index (Phi) is 7.74. The quantitative estimate of drug-likeness (QED) is 0.376. The molecule has 2 aromatic heterocycles. The van der Waals surface area contributed by atoms with Crippen molar-refractivity contribution in [1.82, 2.24) is 19.9 Å². The van der Waals surface area contributed by atoms with Crippen LogP contribution < -0.4 is 15.4 Å². The van der Waals surface area contributed by atoms with Crippen LogP contribution in [-0.2, 0) is 9.53 Å². The van der Waals surface area contributed by atoms with Crippen molar-refractivity contribution in [1.29, 1.82) is 0 Å². The number of hydrogen-bond donors (Lipinski definition) is 2. The number of imidazole rings is 1. The summed E-state index contributed by atoms with van der Waals surface area (Å²) in [7, 11) is 0. The van der Waals surface area contributed by atoms with Crippen molar-refractivity contribution >= 4 is 23.0 Å². The maximum absolute atomic E-state index is 12.6. The highest BCUT2D eigenvalue weighted by molar-refractivity contribution is 5.96. The van der Waals surface area contributed by atoms with E-state index in [2.05, 4.69) is 10.6 Å². The molecule has 200 valence electrons. The van der Waals surface area contributed by atoms with Gasteiger partial charge in [-0.15, -0.1) is 5.10 Å². The lowest BCUT2D eigenvalue weighted by Crippen LogP contribution is -2.26. The fourth-order valence-corrected chi connectivity index (χ4v) is 4.59. The highest BCUT2D eigenvalue weighted by atomic mass is 16.5. The zero-order valence-corrected chi connectivity index (χ0v) is 22.3. The van der Waals surface area contributed by atoms with Crippen molar-refractivity contribution in [2.75, 3.05) is 25.1 Å². The number of carbonyl (C=O) groups is 2. The Morgan fingerprint density at radius 1 is 1.16 bits per heavy atom. The summed E-state index contributed by atoms with van der Waals surface area (Å²) in [5, 5.41) is 11.4. The molecular weight excluding hydrogens is 482 g/mol. The number of benzene rings is 1. The second-order valence-electron chi connectivity index (χ2n) is 10.3. The summed E-state index contributed by atoms with van der Waals surface area (Å²) >= 11 is 0. The van der Waals surface area contributed by atoms with Crippen molar-refractivity contribution in [3.63, 3.8) is 0 Å². The van der Waals surface area contributed by atoms with Gasteiger partial charge in [0.05, 0.1) is 23.3 Å². The second-order valence-corrected chi connectivity index (χ2v) is 10.3. The van der Waals surface area contributed by atoms with E-state index in [-0.39, 0.29) is 11.7 Å². The predicted octanol–water partition coefficient (Wildman–Crippen LogP) is 4.70. The molecule has 2 fully saturated rings. The third-order valence-electron chi connectivity index (χ3n) is 6.99. The van der Waals surface area contributed by atoms with Gasteiger partial charge in [-0.1, -0.05) is 6.07 Å². The summed E-state index contributed by atoms with van der Waals surface area (Å²) in [5.74, 6) is 1.56. The van der Waals surface area contributed by atoms with Crippen LogP contribution in [0.2, 0.25) is 0 Å². The Balaban J connectivity index is 1.47. The number of rotatable bonds is 10. The Hall–Kier alpha value is -3.72. The molecule has 1 aliphatic heterocycles. The molecule has 3 heterocycles. The van der Waals surface area contributed by atoms with E-state index in [0.29, 0.717) is 41.2 Å². The molecule has 1 aromatic carbocycles. The highest BCUT2D eigenvalue weighted by Crippen LogP contribution is 2.29. The molecule has 0 unspecified atom stereocenters. The average Bonchev–Trinajstić information content (AvgIpc) is 3.61. The number of amides is 1. The van der Waals surface area contributed by atoms with E-state index >= 15 is 0 Å². The van der Waals surface area contributed by atoms with Crippen LogP contribution in [0.15, 0.2) is 42.3 Å². The van der Waals surface area contributed by atoms with Gasteiger partial charge in [0, 0.05) is 49.4 Å². The van der Waals surface area contributed by atoms with Gasteiger partial charge >= 0.3 is 0 Å². The van der Waals surface area contributed by atoms with Crippen LogP contribution in [0, 0.1) is 12.8 Å². The van der Waals surface area contributed by atoms with Gasteiger partial charge in [-0.25, -0.2) is 9.50 Å². The number of aryl methyl sites for hydroxylation is 1. The van der Waals surface area contributed by atoms with E-state index < -0.39 is 0 Å². The smallest absolute Gasteiger partial charge is 0.251 e. The van der Waals surface area contributed by atoms with Crippen molar-refractivity contribution in [3.05, 3.63) is 53.4 Å². The lowest BCUT2D eigenvalue weighted by Gasteiger charge is -2.22. The molecular formula is C29H35N5O4. The normalized spacial score (nSPS) is 16.4. The number of anilines is 1. The van der Waals surface area contributed by atoms with Crippen LogP contribution >= 0.6 is 0 Å². The molecule has 1 aliphatic carbocycles. The van der Waals surface area contributed by atoms with E-state index in [0.717, 1.165) is 68.0 Å². The van der Waals surface area contributed by atoms with Crippen LogP contribution in [-0.4, -0.2) is 52.1 Å². The molecule has 0 spiro atoms. The van der Waals surface area contributed by atoms with Crippen molar-refractivity contribution in [2.45, 2.75) is 58.9 Å². The first kappa shape index (κ1) is 25.9. The molecule has 1 amide bonds. The van der Waals surface area contributed by atoms with Crippen molar-refractivity contribution in [2.24, 2.45) is 5.92 Å². The van der Waals surface area contributed by atoms with Gasteiger partial charge in [0.15, 0.2) is 5.65 Å². The first-order chi connectivity index (χ1) is 18.4. The maximum Gasteiger partial charge on any atom is 0.251 e. The molecule has 38 heavy (non-hydrogen) atoms. The molecule has 2 aliphatic rings. The van der Waals surface area contributed by atoms with Gasteiger partial charge in [0.25, 0.3) is 5.91 Å². The fraction of sp³-hybridized carbons (Fsp3) is 0.448. The molecule has 2 N–H and O–H groups in total. The first-order valence-corrected chi connectivity index (χ1v) is 13.3. The minimum atomic E-state index is -0.0316. The van der Waals surface area contributed by atoms with E-state index in [4.69, 9.17) is 19.6 Å². The van der Waals surface area contributed by atoms with Crippen LogP contribution in [0.3, 0.4) is 0 Å². The fourth-order valence-electron chi connectivity index (χ4n) is 4.59.